The summed E-state index contributed by atoms with van der Waals surface area (Å²) in [6.45, 7) is 1.97. The van der Waals surface area contributed by atoms with E-state index in [0.29, 0.717) is 41.9 Å². The van der Waals surface area contributed by atoms with Gasteiger partial charge in [0.2, 0.25) is 0 Å². The number of Topliss-reactive ketones (excluding diaryl/α,β-unsaturated/α-hetero) is 1. The van der Waals surface area contributed by atoms with E-state index in [9.17, 15) is 14.4 Å². The lowest BCUT2D eigenvalue weighted by Crippen LogP contribution is -2.33. The van der Waals surface area contributed by atoms with E-state index >= 15 is 0 Å². The summed E-state index contributed by atoms with van der Waals surface area (Å²) >= 11 is 0. The van der Waals surface area contributed by atoms with Crippen LogP contribution in [0.5, 0.6) is 0 Å². The quantitative estimate of drug-likeness (QED) is 0.501. The number of fused-ring (bicyclic) bond motifs is 2. The molecule has 0 radical (unpaired) electrons. The van der Waals surface area contributed by atoms with Crippen molar-refractivity contribution >= 4 is 28.2 Å². The number of carbonyl (C=O) groups excluding carboxylic acids is 2. The molecule has 0 aliphatic heterocycles. The van der Waals surface area contributed by atoms with Gasteiger partial charge in [-0.15, -0.1) is 0 Å². The average molecular weight is 422 g/mol. The summed E-state index contributed by atoms with van der Waals surface area (Å²) in [5, 5.41) is 4.76. The maximum atomic E-state index is 13.5. The Balaban J connectivity index is 1.65. The number of nitrogens with one attached hydrogen (secondary N) is 1. The molecule has 32 heavy (non-hydrogen) atoms. The van der Waals surface area contributed by atoms with Crippen LogP contribution in [0.1, 0.15) is 44.8 Å². The standard InChI is InChI=1S/C27H22N2O3/c1-17-12-14-19(15-13-17)29-24-10-5-11-25(30)21(24)16-22(27(29)32)26(31)28-23-9-4-7-18-6-2-3-8-20(18)23/h2-4,6-9,12-16H,5,10-11H2,1H3,(H,28,31). The minimum Gasteiger partial charge on any atom is -0.321 e. The maximum absolute atomic E-state index is 13.5. The van der Waals surface area contributed by atoms with Crippen LogP contribution in [-0.4, -0.2) is 16.3 Å². The fourth-order valence-corrected chi connectivity index (χ4v) is 4.35. The van der Waals surface area contributed by atoms with Crippen molar-refractivity contribution < 1.29 is 9.59 Å². The van der Waals surface area contributed by atoms with E-state index in [0.717, 1.165) is 16.3 Å². The highest BCUT2D eigenvalue weighted by atomic mass is 16.2. The Morgan fingerprint density at radius 2 is 1.66 bits per heavy atom. The van der Waals surface area contributed by atoms with Crippen molar-refractivity contribution in [2.45, 2.75) is 26.2 Å². The third-order valence-corrected chi connectivity index (χ3v) is 6.00. The summed E-state index contributed by atoms with van der Waals surface area (Å²) in [7, 11) is 0. The van der Waals surface area contributed by atoms with Crippen LogP contribution in [0.25, 0.3) is 16.5 Å². The number of carbonyl (C=O) groups is 2. The largest absolute Gasteiger partial charge is 0.321 e. The zero-order valence-corrected chi connectivity index (χ0v) is 17.7. The van der Waals surface area contributed by atoms with Gasteiger partial charge in [0.1, 0.15) is 5.56 Å². The second kappa shape index (κ2) is 7.93. The van der Waals surface area contributed by atoms with Gasteiger partial charge in [0.05, 0.1) is 0 Å². The molecule has 0 bridgehead atoms. The molecule has 1 N–H and O–H groups in total. The Bertz CT molecular complexity index is 1430. The first-order valence-corrected chi connectivity index (χ1v) is 10.7. The van der Waals surface area contributed by atoms with Crippen LogP contribution >= 0.6 is 0 Å². The van der Waals surface area contributed by atoms with Crippen LogP contribution in [0.2, 0.25) is 0 Å². The molecule has 1 heterocycles. The fourth-order valence-electron chi connectivity index (χ4n) is 4.35. The first-order valence-electron chi connectivity index (χ1n) is 10.7. The lowest BCUT2D eigenvalue weighted by atomic mass is 9.92. The number of aryl methyl sites for hydroxylation is 1. The molecular weight excluding hydrogens is 400 g/mol. The SMILES string of the molecule is Cc1ccc(-n2c3c(cc(C(=O)Nc4cccc5ccccc45)c2=O)C(=O)CCC3)cc1. The minimum absolute atomic E-state index is 0.0347. The number of aromatic nitrogens is 1. The molecule has 158 valence electrons. The Kier molecular flexibility index (Phi) is 4.94. The van der Waals surface area contributed by atoms with E-state index in [1.807, 2.05) is 73.7 Å². The highest BCUT2D eigenvalue weighted by Crippen LogP contribution is 2.26. The van der Waals surface area contributed by atoms with Crippen LogP contribution in [0, 0.1) is 6.92 Å². The topological polar surface area (TPSA) is 68.2 Å². The van der Waals surface area contributed by atoms with Gasteiger partial charge in [-0.05, 0) is 49.4 Å². The van der Waals surface area contributed by atoms with Crippen molar-refractivity contribution in [3.05, 3.63) is 106 Å². The Morgan fingerprint density at radius 3 is 2.47 bits per heavy atom. The van der Waals surface area contributed by atoms with Crippen molar-refractivity contribution in [1.82, 2.24) is 4.57 Å². The first kappa shape index (κ1) is 19.9. The molecule has 5 rings (SSSR count). The van der Waals surface area contributed by atoms with Gasteiger partial charge in [-0.1, -0.05) is 54.1 Å². The molecule has 3 aromatic carbocycles. The van der Waals surface area contributed by atoms with Crippen LogP contribution in [0.3, 0.4) is 0 Å². The number of hydrogen-bond donors (Lipinski definition) is 1. The highest BCUT2D eigenvalue weighted by molar-refractivity contribution is 6.10. The molecule has 0 spiro atoms. The molecule has 0 atom stereocenters. The third-order valence-electron chi connectivity index (χ3n) is 6.00. The van der Waals surface area contributed by atoms with Gasteiger partial charge in [-0.25, -0.2) is 0 Å². The van der Waals surface area contributed by atoms with E-state index in [2.05, 4.69) is 5.32 Å². The number of anilines is 1. The Hall–Kier alpha value is -3.99. The molecule has 0 saturated carbocycles. The molecule has 1 aliphatic rings. The van der Waals surface area contributed by atoms with Crippen molar-refractivity contribution in [3.63, 3.8) is 0 Å². The zero-order chi connectivity index (χ0) is 22.2. The molecule has 0 fully saturated rings. The highest BCUT2D eigenvalue weighted by Gasteiger charge is 2.26. The Labute approximate surface area is 185 Å². The van der Waals surface area contributed by atoms with Crippen LogP contribution in [0.4, 0.5) is 5.69 Å². The second-order valence-corrected chi connectivity index (χ2v) is 8.15. The summed E-state index contributed by atoms with van der Waals surface area (Å²) in [4.78, 5) is 39.5. The normalized spacial score (nSPS) is 13.1. The summed E-state index contributed by atoms with van der Waals surface area (Å²) in [6.07, 6.45) is 1.73. The van der Waals surface area contributed by atoms with Crippen molar-refractivity contribution in [3.8, 4) is 5.69 Å². The number of ketones is 1. The van der Waals surface area contributed by atoms with Gasteiger partial charge in [0.15, 0.2) is 5.78 Å². The number of hydrogen-bond acceptors (Lipinski definition) is 3. The molecule has 0 saturated heterocycles. The van der Waals surface area contributed by atoms with Gasteiger partial charge < -0.3 is 5.32 Å². The third kappa shape index (κ3) is 3.42. The van der Waals surface area contributed by atoms with Gasteiger partial charge in [0.25, 0.3) is 11.5 Å². The molecule has 1 aromatic heterocycles. The van der Waals surface area contributed by atoms with Crippen LogP contribution in [-0.2, 0) is 6.42 Å². The average Bonchev–Trinajstić information content (AvgIpc) is 2.80. The zero-order valence-electron chi connectivity index (χ0n) is 17.7. The molecular formula is C27H22N2O3. The summed E-state index contributed by atoms with van der Waals surface area (Å²) in [5.41, 5.74) is 3.03. The smallest absolute Gasteiger partial charge is 0.268 e. The molecule has 5 heteroatoms. The van der Waals surface area contributed by atoms with Gasteiger partial charge >= 0.3 is 0 Å². The van der Waals surface area contributed by atoms with E-state index in [-0.39, 0.29) is 11.3 Å². The number of pyridine rings is 1. The number of rotatable bonds is 3. The number of nitrogens with zero attached hydrogens (tertiary/aromatic N) is 1. The number of amides is 1. The van der Waals surface area contributed by atoms with Crippen molar-refractivity contribution in [1.29, 1.82) is 0 Å². The number of benzene rings is 3. The minimum atomic E-state index is -0.520. The predicted octanol–water partition coefficient (Wildman–Crippen LogP) is 5.07. The molecule has 0 unspecified atom stereocenters. The van der Waals surface area contributed by atoms with E-state index in [4.69, 9.17) is 0 Å². The lowest BCUT2D eigenvalue weighted by Gasteiger charge is -2.22. The lowest BCUT2D eigenvalue weighted by molar-refractivity contribution is 0.0971. The summed E-state index contributed by atoms with van der Waals surface area (Å²) in [5.74, 6) is -0.556. The molecule has 1 aliphatic carbocycles. The van der Waals surface area contributed by atoms with Gasteiger partial charge in [0, 0.05) is 34.4 Å². The van der Waals surface area contributed by atoms with E-state index in [1.165, 1.54) is 10.6 Å². The Morgan fingerprint density at radius 1 is 0.906 bits per heavy atom. The van der Waals surface area contributed by atoms with Crippen molar-refractivity contribution in [2.24, 2.45) is 0 Å². The fraction of sp³-hybridized carbons (Fsp3) is 0.148. The van der Waals surface area contributed by atoms with Crippen LogP contribution < -0.4 is 10.9 Å². The van der Waals surface area contributed by atoms with Crippen LogP contribution in [0.15, 0.2) is 77.6 Å². The maximum Gasteiger partial charge on any atom is 0.268 e. The predicted molar refractivity (Wildman–Crippen MR) is 126 cm³/mol. The first-order chi connectivity index (χ1) is 15.5. The van der Waals surface area contributed by atoms with E-state index < -0.39 is 11.5 Å². The van der Waals surface area contributed by atoms with Gasteiger partial charge in [-0.3, -0.25) is 19.0 Å². The monoisotopic (exact) mass is 422 g/mol. The molecule has 1 amide bonds. The second-order valence-electron chi connectivity index (χ2n) is 8.15. The molecule has 5 nitrogen and oxygen atoms in total. The summed E-state index contributed by atoms with van der Waals surface area (Å²) in [6, 6.07) is 22.4. The molecule has 4 aromatic rings. The van der Waals surface area contributed by atoms with E-state index in [1.54, 1.807) is 0 Å². The summed E-state index contributed by atoms with van der Waals surface area (Å²) < 4.78 is 1.53. The van der Waals surface area contributed by atoms with Crippen molar-refractivity contribution in [2.75, 3.05) is 5.32 Å². The van der Waals surface area contributed by atoms with Gasteiger partial charge in [-0.2, -0.15) is 0 Å².